The van der Waals surface area contributed by atoms with Crippen molar-refractivity contribution >= 4 is 27.5 Å². The second-order valence-corrected chi connectivity index (χ2v) is 2.94. The summed E-state index contributed by atoms with van der Waals surface area (Å²) in [5, 5.41) is 11.2. The second-order valence-electron chi connectivity index (χ2n) is 1.97. The van der Waals surface area contributed by atoms with Crippen LogP contribution in [0.1, 0.15) is 5.56 Å². The Morgan fingerprint density at radius 1 is 1.55 bits per heavy atom. The number of rotatable bonds is 1. The summed E-state index contributed by atoms with van der Waals surface area (Å²) >= 11 is 8.62. The van der Waals surface area contributed by atoms with Gasteiger partial charge in [-0.1, -0.05) is 27.5 Å². The summed E-state index contributed by atoms with van der Waals surface area (Å²) in [6.45, 7) is 0. The molecule has 1 nitrogen and oxygen atoms in total. The van der Waals surface area contributed by atoms with Crippen LogP contribution in [0.2, 0.25) is 5.02 Å². The first kappa shape index (κ1) is 8.81. The van der Waals surface area contributed by atoms with Crippen molar-refractivity contribution in [3.8, 4) is 5.75 Å². The Balaban J connectivity index is 3.29. The number of benzene rings is 1. The van der Waals surface area contributed by atoms with Gasteiger partial charge < -0.3 is 0 Å². The summed E-state index contributed by atoms with van der Waals surface area (Å²) in [5.41, 5.74) is 0.221. The van der Waals surface area contributed by atoms with Crippen molar-refractivity contribution in [3.05, 3.63) is 28.5 Å². The molecular formula is C7H4BrClFO. The van der Waals surface area contributed by atoms with Crippen LogP contribution in [0.15, 0.2) is 12.1 Å². The lowest BCUT2D eigenvalue weighted by Crippen LogP contribution is -1.86. The van der Waals surface area contributed by atoms with E-state index in [1.165, 1.54) is 6.07 Å². The molecule has 59 valence electrons. The van der Waals surface area contributed by atoms with Gasteiger partial charge in [-0.25, -0.2) is 4.39 Å². The molecule has 0 unspecified atom stereocenters. The molecule has 0 aliphatic carbocycles. The fourth-order valence-corrected chi connectivity index (χ4v) is 1.62. The second kappa shape index (κ2) is 3.41. The van der Waals surface area contributed by atoms with Gasteiger partial charge in [-0.15, -0.1) is 0 Å². The monoisotopic (exact) mass is 237 g/mol. The third-order valence-electron chi connectivity index (χ3n) is 1.28. The molecule has 0 aliphatic heterocycles. The zero-order chi connectivity index (χ0) is 8.43. The van der Waals surface area contributed by atoms with E-state index in [-0.39, 0.29) is 15.9 Å². The Morgan fingerprint density at radius 2 is 2.18 bits per heavy atom. The van der Waals surface area contributed by atoms with E-state index < -0.39 is 11.6 Å². The minimum atomic E-state index is -0.769. The first-order chi connectivity index (χ1) is 5.16. The highest BCUT2D eigenvalue weighted by Crippen LogP contribution is 2.28. The van der Waals surface area contributed by atoms with E-state index in [1.54, 1.807) is 0 Å². The van der Waals surface area contributed by atoms with E-state index in [9.17, 15) is 9.50 Å². The van der Waals surface area contributed by atoms with E-state index in [0.29, 0.717) is 0 Å². The van der Waals surface area contributed by atoms with Crippen LogP contribution in [0.3, 0.4) is 0 Å². The van der Waals surface area contributed by atoms with E-state index in [0.717, 1.165) is 6.07 Å². The van der Waals surface area contributed by atoms with Crippen LogP contribution >= 0.6 is 27.5 Å². The Hall–Kier alpha value is -0.280. The topological polar surface area (TPSA) is 19.9 Å². The predicted molar refractivity (Wildman–Crippen MR) is 44.2 cm³/mol. The van der Waals surface area contributed by atoms with Crippen LogP contribution in [0.4, 0.5) is 4.39 Å². The zero-order valence-corrected chi connectivity index (χ0v) is 7.75. The van der Waals surface area contributed by atoms with Gasteiger partial charge in [0.15, 0.2) is 5.82 Å². The first-order valence-electron chi connectivity index (χ1n) is 2.86. The van der Waals surface area contributed by atoms with E-state index in [1.807, 2.05) is 0 Å². The van der Waals surface area contributed by atoms with Gasteiger partial charge >= 0.3 is 0 Å². The lowest BCUT2D eigenvalue weighted by atomic mass is 10.2. The van der Waals surface area contributed by atoms with E-state index in [4.69, 9.17) is 11.6 Å². The molecule has 0 spiro atoms. The molecule has 0 saturated carbocycles. The molecule has 1 aromatic rings. The lowest BCUT2D eigenvalue weighted by molar-refractivity contribution is 0.329. The van der Waals surface area contributed by atoms with Gasteiger partial charge in [-0.2, -0.15) is 0 Å². The maximum absolute atomic E-state index is 12.8. The minimum absolute atomic E-state index is 0.221. The van der Waals surface area contributed by atoms with Crippen LogP contribution in [0.25, 0.3) is 0 Å². The van der Waals surface area contributed by atoms with Crippen LogP contribution < -0.4 is 0 Å². The molecule has 0 aliphatic rings. The summed E-state index contributed by atoms with van der Waals surface area (Å²) in [5.74, 6) is -1.39. The minimum Gasteiger partial charge on any atom is -0.287 e. The molecule has 11 heavy (non-hydrogen) atoms. The summed E-state index contributed by atoms with van der Waals surface area (Å²) < 4.78 is 12.8. The molecule has 0 saturated heterocycles. The van der Waals surface area contributed by atoms with Gasteiger partial charge in [0.25, 0.3) is 0 Å². The van der Waals surface area contributed by atoms with Gasteiger partial charge in [0.1, 0.15) is 0 Å². The van der Waals surface area contributed by atoms with Crippen molar-refractivity contribution in [2.45, 2.75) is 5.33 Å². The molecule has 0 aromatic heterocycles. The lowest BCUT2D eigenvalue weighted by Gasteiger charge is -2.00. The maximum atomic E-state index is 12.8. The number of halogens is 3. The van der Waals surface area contributed by atoms with E-state index in [2.05, 4.69) is 15.9 Å². The molecule has 0 amide bonds. The van der Waals surface area contributed by atoms with Gasteiger partial charge in [0, 0.05) is 15.9 Å². The van der Waals surface area contributed by atoms with Crippen molar-refractivity contribution in [1.82, 2.24) is 0 Å². The highest BCUT2D eigenvalue weighted by Gasteiger charge is 2.11. The predicted octanol–water partition coefficient (Wildman–Crippen LogP) is 3.52. The van der Waals surface area contributed by atoms with Crippen LogP contribution in [0.5, 0.6) is 5.75 Å². The largest absolute Gasteiger partial charge is 0.287 e. The summed E-state index contributed by atoms with van der Waals surface area (Å²) in [6.07, 6.45) is 0. The highest BCUT2D eigenvalue weighted by atomic mass is 79.9. The molecular weight excluding hydrogens is 234 g/mol. The average molecular weight is 238 g/mol. The summed E-state index contributed by atoms with van der Waals surface area (Å²) in [7, 11) is 0. The maximum Gasteiger partial charge on any atom is 0.214 e. The molecule has 0 fully saturated rings. The quantitative estimate of drug-likeness (QED) is 0.667. The van der Waals surface area contributed by atoms with Gasteiger partial charge in [-0.05, 0) is 12.1 Å². The smallest absolute Gasteiger partial charge is 0.214 e. The van der Waals surface area contributed by atoms with Gasteiger partial charge in [0.05, 0.1) is 0 Å². The van der Waals surface area contributed by atoms with Crippen molar-refractivity contribution in [1.29, 1.82) is 0 Å². The van der Waals surface area contributed by atoms with Crippen LogP contribution in [0, 0.1) is 5.82 Å². The molecule has 1 rings (SSSR count). The fourth-order valence-electron chi connectivity index (χ4n) is 0.699. The Kier molecular flexibility index (Phi) is 2.73. The number of alkyl halides is 1. The van der Waals surface area contributed by atoms with Crippen LogP contribution in [-0.2, 0) is 10.4 Å². The van der Waals surface area contributed by atoms with Gasteiger partial charge in [0.2, 0.25) is 5.75 Å². The number of hydrogen-bond donors (Lipinski definition) is 0. The molecule has 1 aromatic carbocycles. The zero-order valence-electron chi connectivity index (χ0n) is 5.40. The van der Waals surface area contributed by atoms with Crippen molar-refractivity contribution in [2.75, 3.05) is 0 Å². The normalized spacial score (nSPS) is 10.1. The fraction of sp³-hybridized carbons (Fsp3) is 0.143. The molecule has 1 radical (unpaired) electrons. The molecule has 0 atom stereocenters. The Bertz CT molecular complexity index is 277. The average Bonchev–Trinajstić information content (AvgIpc) is 1.99. The molecule has 4 heteroatoms. The third kappa shape index (κ3) is 1.65. The molecule has 0 bridgehead atoms. The standard InChI is InChI=1S/C7H4BrClFO/c8-3-4-5(9)1-2-6(11)7(4)10/h1-2H,3H2. The molecule has 0 N–H and O–H groups in total. The Morgan fingerprint density at radius 3 is 2.64 bits per heavy atom. The summed E-state index contributed by atoms with van der Waals surface area (Å²) in [6, 6.07) is 2.51. The molecule has 0 heterocycles. The van der Waals surface area contributed by atoms with Crippen molar-refractivity contribution in [2.24, 2.45) is 0 Å². The Labute approximate surface area is 76.9 Å². The summed E-state index contributed by atoms with van der Waals surface area (Å²) in [4.78, 5) is 0. The van der Waals surface area contributed by atoms with Gasteiger partial charge in [-0.3, -0.25) is 5.11 Å². The number of hydrogen-bond acceptors (Lipinski definition) is 0. The van der Waals surface area contributed by atoms with Crippen molar-refractivity contribution < 1.29 is 9.50 Å². The van der Waals surface area contributed by atoms with Crippen molar-refractivity contribution in [3.63, 3.8) is 0 Å². The van der Waals surface area contributed by atoms with E-state index >= 15 is 0 Å². The highest BCUT2D eigenvalue weighted by molar-refractivity contribution is 9.08. The first-order valence-corrected chi connectivity index (χ1v) is 4.36. The van der Waals surface area contributed by atoms with Crippen LogP contribution in [-0.4, -0.2) is 0 Å². The SMILES string of the molecule is [O]c1ccc(Cl)c(CBr)c1F. The third-order valence-corrected chi connectivity index (χ3v) is 2.20.